The number of nitrogens with one attached hydrogen (secondary N) is 1. The molecule has 0 saturated carbocycles. The first kappa shape index (κ1) is 30.2. The molecule has 3 heterocycles. The van der Waals surface area contributed by atoms with Crippen molar-refractivity contribution in [3.8, 4) is 0 Å². The maximum absolute atomic E-state index is 10.7. The van der Waals surface area contributed by atoms with Crippen molar-refractivity contribution in [1.29, 1.82) is 0 Å². The lowest BCUT2D eigenvalue weighted by molar-refractivity contribution is -0.114. The summed E-state index contributed by atoms with van der Waals surface area (Å²) >= 11 is 0. The van der Waals surface area contributed by atoms with Crippen LogP contribution in [0, 0.1) is 20.8 Å². The van der Waals surface area contributed by atoms with Crippen LogP contribution in [-0.2, 0) is 18.9 Å². The van der Waals surface area contributed by atoms with Gasteiger partial charge in [0.05, 0.1) is 12.0 Å². The number of carbonyl (C=O) groups is 1. The van der Waals surface area contributed by atoms with Crippen molar-refractivity contribution >= 4 is 28.2 Å². The van der Waals surface area contributed by atoms with E-state index in [1.54, 1.807) is 6.33 Å². The van der Waals surface area contributed by atoms with Gasteiger partial charge in [-0.15, -0.1) is 0 Å². The minimum atomic E-state index is -0.0284. The molecule has 1 aliphatic heterocycles. The first-order valence-electron chi connectivity index (χ1n) is 13.6. The Morgan fingerprint density at radius 3 is 2.08 bits per heavy atom. The molecular formula is C34H43N5O. The second kappa shape index (κ2) is 14.2. The number of benzene rings is 3. The summed E-state index contributed by atoms with van der Waals surface area (Å²) in [6, 6.07) is 24.8. The number of aromatic nitrogens is 3. The van der Waals surface area contributed by atoms with Gasteiger partial charge in [0.25, 0.3) is 0 Å². The van der Waals surface area contributed by atoms with Crippen molar-refractivity contribution in [2.45, 2.75) is 40.5 Å². The van der Waals surface area contributed by atoms with Gasteiger partial charge in [-0.05, 0) is 55.7 Å². The lowest BCUT2D eigenvalue weighted by Gasteiger charge is -2.10. The van der Waals surface area contributed by atoms with Gasteiger partial charge in [-0.3, -0.25) is 4.79 Å². The van der Waals surface area contributed by atoms with Gasteiger partial charge >= 0.3 is 0 Å². The van der Waals surface area contributed by atoms with Gasteiger partial charge in [-0.1, -0.05) is 61.5 Å². The minimum Gasteiger partial charge on any atom is -0.374 e. The van der Waals surface area contributed by atoms with Crippen LogP contribution in [0.1, 0.15) is 42.1 Å². The van der Waals surface area contributed by atoms with Crippen LogP contribution in [0.2, 0.25) is 0 Å². The maximum atomic E-state index is 10.7. The molecule has 1 N–H and O–H groups in total. The lowest BCUT2D eigenvalue weighted by Crippen LogP contribution is -2.13. The standard InChI is InChI=1S/C10H13N.C10H11N.C9H11NO.C5H8N2/c2*1-8-7-11(2)10-6-4-3-5-9(8)10;1-7-5-3-4-6-9(7)10-8(2)11;1-5-3-7(2)4-6-5/h3-6,8H,7H2,1-2H3;3-7H,1-2H3;3-6H,1-2H3,(H,10,11);3-4H,1-2H3. The SMILES string of the molecule is CC(=O)Nc1ccccc1C.CC1CN(C)c2ccccc21.Cc1cn(C)c2ccccc12.Cc1cn(C)cn1. The second-order valence-electron chi connectivity index (χ2n) is 10.5. The molecule has 0 saturated heterocycles. The minimum absolute atomic E-state index is 0.0284. The average molecular weight is 538 g/mol. The molecule has 6 heteroatoms. The Labute approximate surface area is 239 Å². The summed E-state index contributed by atoms with van der Waals surface area (Å²) in [5.41, 5.74) is 8.60. The Kier molecular flexibility index (Phi) is 10.7. The Hall–Kier alpha value is -4.32. The number of hydrogen-bond donors (Lipinski definition) is 1. The van der Waals surface area contributed by atoms with Crippen molar-refractivity contribution in [1.82, 2.24) is 14.1 Å². The molecule has 2 aromatic heterocycles. The number of anilines is 2. The molecule has 0 bridgehead atoms. The van der Waals surface area contributed by atoms with Gasteiger partial charge in [-0.2, -0.15) is 0 Å². The summed E-state index contributed by atoms with van der Waals surface area (Å²) in [5, 5.41) is 4.09. The molecule has 40 heavy (non-hydrogen) atoms. The van der Waals surface area contributed by atoms with E-state index in [0.29, 0.717) is 5.92 Å². The van der Waals surface area contributed by atoms with Gasteiger partial charge in [0.15, 0.2) is 0 Å². The first-order valence-corrected chi connectivity index (χ1v) is 13.6. The van der Waals surface area contributed by atoms with Crippen LogP contribution in [0.4, 0.5) is 11.4 Å². The number of rotatable bonds is 1. The number of likely N-dealkylation sites (N-methyl/N-ethyl adjacent to an activating group) is 1. The van der Waals surface area contributed by atoms with Gasteiger partial charge in [0, 0.05) is 75.2 Å². The van der Waals surface area contributed by atoms with E-state index in [9.17, 15) is 4.79 Å². The van der Waals surface area contributed by atoms with Crippen molar-refractivity contribution < 1.29 is 4.79 Å². The Bertz CT molecular complexity index is 1450. The maximum Gasteiger partial charge on any atom is 0.221 e. The number of aryl methyl sites for hydroxylation is 5. The highest BCUT2D eigenvalue weighted by Gasteiger charge is 2.21. The van der Waals surface area contributed by atoms with Gasteiger partial charge in [0.2, 0.25) is 5.91 Å². The van der Waals surface area contributed by atoms with E-state index in [2.05, 4.69) is 102 Å². The van der Waals surface area contributed by atoms with Crippen molar-refractivity contribution in [3.05, 3.63) is 114 Å². The van der Waals surface area contributed by atoms with Crippen LogP contribution in [0.15, 0.2) is 91.5 Å². The molecule has 0 radical (unpaired) electrons. The fourth-order valence-corrected chi connectivity index (χ4v) is 4.85. The van der Waals surface area contributed by atoms with E-state index < -0.39 is 0 Å². The van der Waals surface area contributed by atoms with E-state index >= 15 is 0 Å². The first-order chi connectivity index (χ1) is 19.1. The van der Waals surface area contributed by atoms with Crippen molar-refractivity contribution in [2.24, 2.45) is 14.1 Å². The van der Waals surface area contributed by atoms with Crippen LogP contribution in [0.5, 0.6) is 0 Å². The molecule has 1 aliphatic rings. The molecule has 5 aromatic rings. The molecule has 0 aliphatic carbocycles. The summed E-state index contributed by atoms with van der Waals surface area (Å²) in [6.07, 6.45) is 5.92. The molecule has 0 fully saturated rings. The number of amides is 1. The lowest BCUT2D eigenvalue weighted by atomic mass is 10.0. The summed E-state index contributed by atoms with van der Waals surface area (Å²) in [5.74, 6) is 0.676. The molecule has 3 aromatic carbocycles. The number of imidazole rings is 1. The molecule has 0 spiro atoms. The zero-order chi connectivity index (χ0) is 29.2. The predicted octanol–water partition coefficient (Wildman–Crippen LogP) is 7.41. The monoisotopic (exact) mass is 537 g/mol. The smallest absolute Gasteiger partial charge is 0.221 e. The Morgan fingerprint density at radius 2 is 1.50 bits per heavy atom. The van der Waals surface area contributed by atoms with Crippen LogP contribution >= 0.6 is 0 Å². The van der Waals surface area contributed by atoms with Crippen LogP contribution in [-0.4, -0.2) is 33.6 Å². The molecule has 210 valence electrons. The fourth-order valence-electron chi connectivity index (χ4n) is 4.85. The molecule has 1 amide bonds. The van der Waals surface area contributed by atoms with Crippen LogP contribution in [0.3, 0.4) is 0 Å². The van der Waals surface area contributed by atoms with Crippen LogP contribution < -0.4 is 10.2 Å². The highest BCUT2D eigenvalue weighted by Crippen LogP contribution is 2.34. The van der Waals surface area contributed by atoms with Gasteiger partial charge < -0.3 is 19.4 Å². The third-order valence-electron chi connectivity index (χ3n) is 6.81. The van der Waals surface area contributed by atoms with Crippen LogP contribution in [0.25, 0.3) is 10.9 Å². The number of para-hydroxylation sites is 3. The van der Waals surface area contributed by atoms with E-state index in [1.165, 1.54) is 41.2 Å². The van der Waals surface area contributed by atoms with E-state index in [1.807, 2.05) is 55.9 Å². The zero-order valence-electron chi connectivity index (χ0n) is 25.1. The van der Waals surface area contributed by atoms with E-state index in [-0.39, 0.29) is 5.91 Å². The molecule has 1 atom stereocenters. The number of nitrogens with zero attached hydrogens (tertiary/aromatic N) is 4. The van der Waals surface area contributed by atoms with E-state index in [0.717, 1.165) is 16.9 Å². The number of carbonyl (C=O) groups excluding carboxylic acids is 1. The average Bonchev–Trinajstić information content (AvgIpc) is 3.55. The van der Waals surface area contributed by atoms with Crippen molar-refractivity contribution in [2.75, 3.05) is 23.8 Å². The molecule has 6 rings (SSSR count). The quantitative estimate of drug-likeness (QED) is 0.242. The van der Waals surface area contributed by atoms with Crippen molar-refractivity contribution in [3.63, 3.8) is 0 Å². The largest absolute Gasteiger partial charge is 0.374 e. The third-order valence-corrected chi connectivity index (χ3v) is 6.81. The van der Waals surface area contributed by atoms with Gasteiger partial charge in [0.1, 0.15) is 0 Å². The van der Waals surface area contributed by atoms with Gasteiger partial charge in [-0.25, -0.2) is 4.98 Å². The summed E-state index contributed by atoms with van der Waals surface area (Å²) < 4.78 is 4.08. The topological polar surface area (TPSA) is 55.1 Å². The fraction of sp³-hybridized carbons (Fsp3) is 0.294. The summed E-state index contributed by atoms with van der Waals surface area (Å²) in [6.45, 7) is 11.0. The number of fused-ring (bicyclic) bond motifs is 2. The number of hydrogen-bond acceptors (Lipinski definition) is 3. The third kappa shape index (κ3) is 8.34. The second-order valence-corrected chi connectivity index (χ2v) is 10.5. The normalized spacial score (nSPS) is 13.2. The zero-order valence-corrected chi connectivity index (χ0v) is 25.1. The Morgan fingerprint density at radius 1 is 0.850 bits per heavy atom. The molecule has 6 nitrogen and oxygen atoms in total. The highest BCUT2D eigenvalue weighted by molar-refractivity contribution is 5.89. The predicted molar refractivity (Wildman–Crippen MR) is 169 cm³/mol. The summed E-state index contributed by atoms with van der Waals surface area (Å²) in [4.78, 5) is 17.0. The molecule has 1 unspecified atom stereocenters. The summed E-state index contributed by atoms with van der Waals surface area (Å²) in [7, 11) is 6.19. The highest BCUT2D eigenvalue weighted by atomic mass is 16.1. The Balaban J connectivity index is 0.000000149. The molecular weight excluding hydrogens is 494 g/mol. The van der Waals surface area contributed by atoms with E-state index in [4.69, 9.17) is 0 Å².